The lowest BCUT2D eigenvalue weighted by Gasteiger charge is -2.39. The monoisotopic (exact) mass is 272 g/mol. The van der Waals surface area contributed by atoms with Crippen LogP contribution in [0.4, 0.5) is 0 Å². The molecule has 1 fully saturated rings. The number of hydrogen-bond donors (Lipinski definition) is 5. The predicted molar refractivity (Wildman–Crippen MR) is 62.5 cm³/mol. The first-order valence-corrected chi connectivity index (χ1v) is 5.79. The zero-order chi connectivity index (χ0) is 14.0. The third kappa shape index (κ3) is 2.96. The van der Waals surface area contributed by atoms with E-state index in [2.05, 4.69) is 0 Å². The molecule has 1 saturated heterocycles. The Labute approximate surface area is 109 Å². The van der Waals surface area contributed by atoms with Gasteiger partial charge in [-0.3, -0.25) is 0 Å². The Bertz CT molecular complexity index is 405. The van der Waals surface area contributed by atoms with Gasteiger partial charge in [0.15, 0.2) is 0 Å². The standard InChI is InChI=1S/C12H16O7/c13-5-8-9(15)10(16)11(17)12(19-8)18-7-3-1-6(14)2-4-7/h1-4,8-17H,5H2/t8-,9+,10-,11-,12+/m0/s1. The molecule has 0 amide bonds. The maximum absolute atomic E-state index is 9.75. The van der Waals surface area contributed by atoms with E-state index >= 15 is 0 Å². The Hall–Kier alpha value is -1.38. The van der Waals surface area contributed by atoms with Crippen LogP contribution < -0.4 is 4.74 Å². The third-order valence-electron chi connectivity index (χ3n) is 2.94. The number of benzene rings is 1. The van der Waals surface area contributed by atoms with Crippen LogP contribution in [0.3, 0.4) is 0 Å². The zero-order valence-corrected chi connectivity index (χ0v) is 9.96. The summed E-state index contributed by atoms with van der Waals surface area (Å²) in [5.74, 6) is 0.364. The van der Waals surface area contributed by atoms with Gasteiger partial charge in [-0.05, 0) is 24.3 Å². The van der Waals surface area contributed by atoms with Gasteiger partial charge in [-0.2, -0.15) is 0 Å². The van der Waals surface area contributed by atoms with Crippen LogP contribution in [-0.4, -0.2) is 62.8 Å². The minimum Gasteiger partial charge on any atom is -0.508 e. The Morgan fingerprint density at radius 1 is 1.00 bits per heavy atom. The van der Waals surface area contributed by atoms with Gasteiger partial charge >= 0.3 is 0 Å². The fraction of sp³-hybridized carbons (Fsp3) is 0.500. The largest absolute Gasteiger partial charge is 0.508 e. The lowest BCUT2D eigenvalue weighted by molar-refractivity contribution is -0.277. The van der Waals surface area contributed by atoms with Crippen LogP contribution in [0.1, 0.15) is 0 Å². The van der Waals surface area contributed by atoms with Crippen LogP contribution in [0, 0.1) is 0 Å². The van der Waals surface area contributed by atoms with Gasteiger partial charge in [-0.25, -0.2) is 0 Å². The first-order chi connectivity index (χ1) is 9.02. The smallest absolute Gasteiger partial charge is 0.229 e. The molecule has 0 aliphatic carbocycles. The minimum atomic E-state index is -1.48. The van der Waals surface area contributed by atoms with Crippen LogP contribution in [0.25, 0.3) is 0 Å². The average Bonchev–Trinajstić information content (AvgIpc) is 2.42. The highest BCUT2D eigenvalue weighted by molar-refractivity contribution is 5.30. The molecule has 19 heavy (non-hydrogen) atoms. The van der Waals surface area contributed by atoms with Gasteiger partial charge in [-0.1, -0.05) is 0 Å². The first kappa shape index (κ1) is 14.0. The van der Waals surface area contributed by atoms with Crippen LogP contribution in [-0.2, 0) is 4.74 Å². The lowest BCUT2D eigenvalue weighted by atomic mass is 9.99. The van der Waals surface area contributed by atoms with E-state index < -0.39 is 37.3 Å². The summed E-state index contributed by atoms with van der Waals surface area (Å²) >= 11 is 0. The fourth-order valence-electron chi connectivity index (χ4n) is 1.82. The number of aliphatic hydroxyl groups is 4. The molecule has 1 aromatic rings. The topological polar surface area (TPSA) is 120 Å². The van der Waals surface area contributed by atoms with Gasteiger partial charge < -0.3 is 35.0 Å². The quantitative estimate of drug-likeness (QED) is 0.457. The van der Waals surface area contributed by atoms with Crippen molar-refractivity contribution >= 4 is 0 Å². The van der Waals surface area contributed by atoms with Crippen molar-refractivity contribution in [2.75, 3.05) is 6.61 Å². The Balaban J connectivity index is 2.08. The Kier molecular flexibility index (Phi) is 4.23. The van der Waals surface area contributed by atoms with Gasteiger partial charge in [0, 0.05) is 0 Å². The summed E-state index contributed by atoms with van der Waals surface area (Å²) in [6.45, 7) is -0.514. The van der Waals surface area contributed by atoms with Crippen molar-refractivity contribution in [2.24, 2.45) is 0 Å². The van der Waals surface area contributed by atoms with E-state index in [1.165, 1.54) is 24.3 Å². The van der Waals surface area contributed by atoms with E-state index in [0.29, 0.717) is 5.75 Å². The van der Waals surface area contributed by atoms with E-state index in [9.17, 15) is 15.3 Å². The average molecular weight is 272 g/mol. The molecule has 2 rings (SSSR count). The molecule has 5 N–H and O–H groups in total. The van der Waals surface area contributed by atoms with Crippen LogP contribution in [0.15, 0.2) is 24.3 Å². The number of rotatable bonds is 3. The molecule has 0 spiro atoms. The van der Waals surface area contributed by atoms with Crippen molar-refractivity contribution in [2.45, 2.75) is 30.7 Å². The van der Waals surface area contributed by atoms with E-state index in [-0.39, 0.29) is 5.75 Å². The fourth-order valence-corrected chi connectivity index (χ4v) is 1.82. The number of aliphatic hydroxyl groups excluding tert-OH is 4. The zero-order valence-electron chi connectivity index (χ0n) is 9.96. The molecular weight excluding hydrogens is 256 g/mol. The summed E-state index contributed by atoms with van der Waals surface area (Å²) < 4.78 is 10.5. The van der Waals surface area contributed by atoms with Gasteiger partial charge in [0.1, 0.15) is 35.9 Å². The third-order valence-corrected chi connectivity index (χ3v) is 2.94. The van der Waals surface area contributed by atoms with Gasteiger partial charge in [0.25, 0.3) is 0 Å². The van der Waals surface area contributed by atoms with Crippen LogP contribution >= 0.6 is 0 Å². The Morgan fingerprint density at radius 3 is 2.21 bits per heavy atom. The van der Waals surface area contributed by atoms with Crippen molar-refractivity contribution in [1.29, 1.82) is 0 Å². The summed E-state index contributed by atoms with van der Waals surface area (Å²) in [6, 6.07) is 5.69. The number of ether oxygens (including phenoxy) is 2. The molecule has 0 bridgehead atoms. The summed E-state index contributed by atoms with van der Waals surface area (Å²) in [5, 5.41) is 47.1. The highest BCUT2D eigenvalue weighted by Gasteiger charge is 2.44. The number of phenols is 1. The van der Waals surface area contributed by atoms with Crippen molar-refractivity contribution < 1.29 is 35.0 Å². The van der Waals surface area contributed by atoms with Crippen molar-refractivity contribution in [1.82, 2.24) is 0 Å². The molecule has 106 valence electrons. The molecule has 1 aliphatic rings. The first-order valence-electron chi connectivity index (χ1n) is 5.79. The molecule has 7 nitrogen and oxygen atoms in total. The SMILES string of the molecule is OC[C@@H]1O[C@@H](Oc2ccc(O)cc2)[C@@H](O)[C@@H](O)[C@@H]1O. The molecule has 0 saturated carbocycles. The molecule has 0 radical (unpaired) electrons. The maximum atomic E-state index is 9.75. The summed E-state index contributed by atoms with van der Waals surface area (Å²) in [4.78, 5) is 0. The van der Waals surface area contributed by atoms with E-state index in [0.717, 1.165) is 0 Å². The van der Waals surface area contributed by atoms with Crippen molar-refractivity contribution in [3.05, 3.63) is 24.3 Å². The maximum Gasteiger partial charge on any atom is 0.229 e. The van der Waals surface area contributed by atoms with E-state index in [1.54, 1.807) is 0 Å². The number of phenolic OH excluding ortho intramolecular Hbond substituents is 1. The van der Waals surface area contributed by atoms with Gasteiger partial charge in [0.05, 0.1) is 6.61 Å². The number of hydrogen-bond acceptors (Lipinski definition) is 7. The normalized spacial score (nSPS) is 35.1. The summed E-state index contributed by atoms with van der Waals surface area (Å²) in [7, 11) is 0. The molecule has 0 unspecified atom stereocenters. The molecule has 0 aromatic heterocycles. The molecule has 5 atom stereocenters. The van der Waals surface area contributed by atoms with E-state index in [1.807, 2.05) is 0 Å². The Morgan fingerprint density at radius 2 is 1.63 bits per heavy atom. The predicted octanol–water partition coefficient (Wildman–Crippen LogP) is -1.43. The molecular formula is C12H16O7. The second kappa shape index (κ2) is 5.72. The summed E-state index contributed by atoms with van der Waals surface area (Å²) in [5.41, 5.74) is 0. The molecule has 7 heteroatoms. The lowest BCUT2D eigenvalue weighted by Crippen LogP contribution is -2.60. The number of aromatic hydroxyl groups is 1. The van der Waals surface area contributed by atoms with Crippen molar-refractivity contribution in [3.8, 4) is 11.5 Å². The van der Waals surface area contributed by atoms with Gasteiger partial charge in [-0.15, -0.1) is 0 Å². The van der Waals surface area contributed by atoms with Crippen LogP contribution in [0.5, 0.6) is 11.5 Å². The summed E-state index contributed by atoms with van der Waals surface area (Å²) in [6.07, 6.45) is -6.58. The van der Waals surface area contributed by atoms with Crippen LogP contribution in [0.2, 0.25) is 0 Å². The second-order valence-corrected chi connectivity index (χ2v) is 4.31. The molecule has 1 heterocycles. The van der Waals surface area contributed by atoms with E-state index in [4.69, 9.17) is 19.7 Å². The van der Waals surface area contributed by atoms with Gasteiger partial charge in [0.2, 0.25) is 6.29 Å². The highest BCUT2D eigenvalue weighted by atomic mass is 16.7. The molecule has 1 aromatic carbocycles. The highest BCUT2D eigenvalue weighted by Crippen LogP contribution is 2.25. The minimum absolute atomic E-state index is 0.0566. The second-order valence-electron chi connectivity index (χ2n) is 4.31. The molecule has 1 aliphatic heterocycles. The van der Waals surface area contributed by atoms with Crippen molar-refractivity contribution in [3.63, 3.8) is 0 Å².